The Labute approximate surface area is 119 Å². The lowest BCUT2D eigenvalue weighted by Gasteiger charge is -2.26. The highest BCUT2D eigenvalue weighted by atomic mass is 15.1. The first-order chi connectivity index (χ1) is 9.72. The maximum atomic E-state index is 8.83. The molecule has 1 aromatic heterocycles. The Morgan fingerprint density at radius 1 is 1.30 bits per heavy atom. The average molecular weight is 266 g/mol. The van der Waals surface area contributed by atoms with Crippen LogP contribution >= 0.6 is 0 Å². The van der Waals surface area contributed by atoms with E-state index in [9.17, 15) is 0 Å². The summed E-state index contributed by atoms with van der Waals surface area (Å²) in [6.45, 7) is 3.34. The summed E-state index contributed by atoms with van der Waals surface area (Å²) in [7, 11) is 0. The van der Waals surface area contributed by atoms with Gasteiger partial charge in [0, 0.05) is 25.5 Å². The number of anilines is 2. The van der Waals surface area contributed by atoms with E-state index in [2.05, 4.69) is 16.0 Å². The molecular formula is C16H18N4. The van der Waals surface area contributed by atoms with Gasteiger partial charge in [-0.25, -0.2) is 0 Å². The molecule has 0 aliphatic rings. The predicted octanol–water partition coefficient (Wildman–Crippen LogP) is 2.89. The maximum Gasteiger partial charge on any atom is 0.0640 e. The number of hydrogen-bond acceptors (Lipinski definition) is 4. The molecule has 0 bridgehead atoms. The number of hydrogen-bond donors (Lipinski definition) is 1. The summed E-state index contributed by atoms with van der Waals surface area (Å²) >= 11 is 0. The van der Waals surface area contributed by atoms with E-state index in [0.29, 0.717) is 19.5 Å². The zero-order valence-corrected chi connectivity index (χ0v) is 11.6. The molecule has 1 aromatic carbocycles. The van der Waals surface area contributed by atoms with E-state index in [1.54, 1.807) is 6.20 Å². The van der Waals surface area contributed by atoms with Gasteiger partial charge in [0.1, 0.15) is 0 Å². The lowest BCUT2D eigenvalue weighted by molar-refractivity contribution is 0.796. The van der Waals surface area contributed by atoms with E-state index in [0.717, 1.165) is 22.5 Å². The fourth-order valence-electron chi connectivity index (χ4n) is 2.12. The van der Waals surface area contributed by atoms with Gasteiger partial charge in [0.2, 0.25) is 0 Å². The third kappa shape index (κ3) is 3.27. The number of aromatic nitrogens is 1. The highest BCUT2D eigenvalue weighted by Crippen LogP contribution is 2.27. The molecular weight excluding hydrogens is 248 g/mol. The van der Waals surface area contributed by atoms with Crippen molar-refractivity contribution in [2.45, 2.75) is 19.9 Å². The van der Waals surface area contributed by atoms with Crippen molar-refractivity contribution in [1.29, 1.82) is 5.26 Å². The van der Waals surface area contributed by atoms with Gasteiger partial charge in [0.05, 0.1) is 23.9 Å². The normalized spacial score (nSPS) is 10.0. The number of nitrogens with zero attached hydrogens (tertiary/aromatic N) is 3. The van der Waals surface area contributed by atoms with Crippen molar-refractivity contribution in [2.75, 3.05) is 17.2 Å². The molecule has 4 heteroatoms. The number of benzene rings is 1. The molecule has 4 nitrogen and oxygen atoms in total. The quantitative estimate of drug-likeness (QED) is 0.845. The monoisotopic (exact) mass is 266 g/mol. The van der Waals surface area contributed by atoms with Crippen LogP contribution in [0.5, 0.6) is 0 Å². The number of aryl methyl sites for hydroxylation is 1. The molecule has 0 amide bonds. The Morgan fingerprint density at radius 2 is 2.15 bits per heavy atom. The van der Waals surface area contributed by atoms with E-state index < -0.39 is 0 Å². The van der Waals surface area contributed by atoms with Crippen LogP contribution in [0.2, 0.25) is 0 Å². The standard InChI is InChI=1S/C16H18N4/c1-13-5-2-7-15(16(13)18)20(10-4-8-17)12-14-6-3-9-19-11-14/h2-3,5-7,9,11H,4,10,12,18H2,1H3. The molecule has 2 N–H and O–H groups in total. The van der Waals surface area contributed by atoms with Crippen LogP contribution in [0.4, 0.5) is 11.4 Å². The minimum Gasteiger partial charge on any atom is -0.397 e. The SMILES string of the molecule is Cc1cccc(N(CCC#N)Cc2cccnc2)c1N. The zero-order valence-electron chi connectivity index (χ0n) is 11.6. The average Bonchev–Trinajstić information content (AvgIpc) is 2.48. The second-order valence-electron chi connectivity index (χ2n) is 4.70. The third-order valence-corrected chi connectivity index (χ3v) is 3.23. The molecule has 1 heterocycles. The first-order valence-electron chi connectivity index (χ1n) is 6.58. The molecule has 2 aromatic rings. The Hall–Kier alpha value is -2.54. The molecule has 102 valence electrons. The lowest BCUT2D eigenvalue weighted by atomic mass is 10.1. The Bertz CT molecular complexity index is 602. The van der Waals surface area contributed by atoms with Crippen LogP contribution in [-0.4, -0.2) is 11.5 Å². The summed E-state index contributed by atoms with van der Waals surface area (Å²) in [5.41, 5.74) is 10.1. The molecule has 2 rings (SSSR count). The van der Waals surface area contributed by atoms with E-state index in [-0.39, 0.29) is 0 Å². The highest BCUT2D eigenvalue weighted by molar-refractivity contribution is 5.71. The van der Waals surface area contributed by atoms with Gasteiger partial charge in [-0.3, -0.25) is 4.98 Å². The van der Waals surface area contributed by atoms with E-state index in [1.165, 1.54) is 0 Å². The third-order valence-electron chi connectivity index (χ3n) is 3.23. The molecule has 0 atom stereocenters. The van der Waals surface area contributed by atoms with Gasteiger partial charge >= 0.3 is 0 Å². The molecule has 0 saturated carbocycles. The Kier molecular flexibility index (Phi) is 4.56. The summed E-state index contributed by atoms with van der Waals surface area (Å²) in [5.74, 6) is 0. The first kappa shape index (κ1) is 13.9. The largest absolute Gasteiger partial charge is 0.397 e. The van der Waals surface area contributed by atoms with Crippen LogP contribution in [0.25, 0.3) is 0 Å². The fraction of sp³-hybridized carbons (Fsp3) is 0.250. The summed E-state index contributed by atoms with van der Waals surface area (Å²) < 4.78 is 0. The fourth-order valence-corrected chi connectivity index (χ4v) is 2.12. The van der Waals surface area contributed by atoms with E-state index in [1.807, 2.05) is 43.5 Å². The van der Waals surface area contributed by atoms with Gasteiger partial charge in [0.15, 0.2) is 0 Å². The first-order valence-corrected chi connectivity index (χ1v) is 6.58. The van der Waals surface area contributed by atoms with Gasteiger partial charge in [-0.15, -0.1) is 0 Å². The highest BCUT2D eigenvalue weighted by Gasteiger charge is 2.11. The molecule has 0 spiro atoms. The van der Waals surface area contributed by atoms with Crippen LogP contribution in [0, 0.1) is 18.3 Å². The lowest BCUT2D eigenvalue weighted by Crippen LogP contribution is -2.25. The summed E-state index contributed by atoms with van der Waals surface area (Å²) in [5, 5.41) is 8.83. The van der Waals surface area contributed by atoms with E-state index >= 15 is 0 Å². The van der Waals surface area contributed by atoms with Crippen LogP contribution in [0.15, 0.2) is 42.7 Å². The summed E-state index contributed by atoms with van der Waals surface area (Å²) in [6.07, 6.45) is 4.06. The number of para-hydroxylation sites is 1. The minimum atomic E-state index is 0.466. The number of nitrogens with two attached hydrogens (primary N) is 1. The molecule has 0 saturated heterocycles. The van der Waals surface area contributed by atoms with Gasteiger partial charge in [-0.2, -0.15) is 5.26 Å². The van der Waals surface area contributed by atoms with E-state index in [4.69, 9.17) is 11.0 Å². The van der Waals surface area contributed by atoms with Crippen molar-refractivity contribution in [3.63, 3.8) is 0 Å². The maximum absolute atomic E-state index is 8.83. The van der Waals surface area contributed by atoms with Crippen LogP contribution in [-0.2, 0) is 6.54 Å². The number of nitrogen functional groups attached to an aromatic ring is 1. The Morgan fingerprint density at radius 3 is 2.85 bits per heavy atom. The summed E-state index contributed by atoms with van der Waals surface area (Å²) in [6, 6.07) is 12.1. The molecule has 20 heavy (non-hydrogen) atoms. The van der Waals surface area contributed by atoms with Crippen LogP contribution < -0.4 is 10.6 Å². The number of rotatable bonds is 5. The molecule has 0 aliphatic carbocycles. The van der Waals surface area contributed by atoms with Gasteiger partial charge in [-0.1, -0.05) is 18.2 Å². The smallest absolute Gasteiger partial charge is 0.0640 e. The zero-order chi connectivity index (χ0) is 14.4. The van der Waals surface area contributed by atoms with Crippen molar-refractivity contribution in [2.24, 2.45) is 0 Å². The molecule has 0 radical (unpaired) electrons. The predicted molar refractivity (Wildman–Crippen MR) is 81.1 cm³/mol. The number of pyridine rings is 1. The van der Waals surface area contributed by atoms with Gasteiger partial charge in [0.25, 0.3) is 0 Å². The van der Waals surface area contributed by atoms with Gasteiger partial charge < -0.3 is 10.6 Å². The van der Waals surface area contributed by atoms with Crippen molar-refractivity contribution >= 4 is 11.4 Å². The molecule has 0 fully saturated rings. The summed E-state index contributed by atoms with van der Waals surface area (Å²) in [4.78, 5) is 6.26. The van der Waals surface area contributed by atoms with Crippen molar-refractivity contribution in [3.05, 3.63) is 53.9 Å². The van der Waals surface area contributed by atoms with Crippen LogP contribution in [0.1, 0.15) is 17.5 Å². The number of nitriles is 1. The van der Waals surface area contributed by atoms with Crippen LogP contribution in [0.3, 0.4) is 0 Å². The topological polar surface area (TPSA) is 65.9 Å². The van der Waals surface area contributed by atoms with Crippen molar-refractivity contribution in [3.8, 4) is 6.07 Å². The second-order valence-corrected chi connectivity index (χ2v) is 4.70. The van der Waals surface area contributed by atoms with Crippen molar-refractivity contribution in [1.82, 2.24) is 4.98 Å². The Balaban J connectivity index is 2.28. The minimum absolute atomic E-state index is 0.466. The molecule has 0 unspecified atom stereocenters. The van der Waals surface area contributed by atoms with Crippen molar-refractivity contribution < 1.29 is 0 Å². The second kappa shape index (κ2) is 6.58. The van der Waals surface area contributed by atoms with Gasteiger partial charge in [-0.05, 0) is 30.2 Å². The molecule has 0 aliphatic heterocycles.